The fraction of sp³-hybridized carbons (Fsp3) is 0.235. The highest BCUT2D eigenvalue weighted by molar-refractivity contribution is 7.99. The number of aryl methyl sites for hydroxylation is 1. The van der Waals surface area contributed by atoms with Gasteiger partial charge in [0.15, 0.2) is 11.5 Å². The number of carbonyl (C=O) groups excluding carboxylic acids is 1. The molecule has 0 radical (unpaired) electrons. The second-order valence-corrected chi connectivity index (χ2v) is 6.37. The zero-order valence-electron chi connectivity index (χ0n) is 13.6. The van der Waals surface area contributed by atoms with Crippen LogP contribution in [0.25, 0.3) is 5.65 Å². The lowest BCUT2D eigenvalue weighted by Crippen LogP contribution is -2.26. The summed E-state index contributed by atoms with van der Waals surface area (Å²) < 4.78 is 1.65. The Balaban J connectivity index is 1.63. The first-order valence-corrected chi connectivity index (χ1v) is 8.72. The largest absolute Gasteiger partial charge is 0.352 e. The van der Waals surface area contributed by atoms with Gasteiger partial charge in [0.1, 0.15) is 5.03 Å². The number of rotatable bonds is 6. The van der Waals surface area contributed by atoms with E-state index in [1.54, 1.807) is 16.6 Å². The highest BCUT2D eigenvalue weighted by Crippen LogP contribution is 2.15. The Morgan fingerprint density at radius 2 is 2.04 bits per heavy atom. The molecule has 0 fully saturated rings. The van der Waals surface area contributed by atoms with Gasteiger partial charge in [-0.25, -0.2) is 0 Å². The molecular formula is C17H16N6OS. The lowest BCUT2D eigenvalue weighted by Gasteiger charge is -2.05. The monoisotopic (exact) mass is 352 g/mol. The van der Waals surface area contributed by atoms with Gasteiger partial charge in [-0.3, -0.25) is 4.79 Å². The Bertz CT molecular complexity index is 928. The molecule has 7 nitrogen and oxygen atoms in total. The maximum atomic E-state index is 12.1. The van der Waals surface area contributed by atoms with Crippen LogP contribution in [0.3, 0.4) is 0 Å². The van der Waals surface area contributed by atoms with E-state index in [1.807, 2.05) is 31.2 Å². The minimum Gasteiger partial charge on any atom is -0.352 e. The Morgan fingerprint density at radius 3 is 2.80 bits per heavy atom. The average Bonchev–Trinajstić information content (AvgIpc) is 3.03. The van der Waals surface area contributed by atoms with E-state index in [2.05, 4.69) is 26.7 Å². The highest BCUT2D eigenvalue weighted by atomic mass is 32.2. The summed E-state index contributed by atoms with van der Waals surface area (Å²) in [6.07, 6.45) is 0.512. The van der Waals surface area contributed by atoms with Crippen molar-refractivity contribution in [2.24, 2.45) is 0 Å². The Labute approximate surface area is 149 Å². The molecule has 0 bridgehead atoms. The number of benzene rings is 1. The molecule has 0 aliphatic rings. The van der Waals surface area contributed by atoms with Crippen molar-refractivity contribution in [2.75, 3.05) is 12.3 Å². The molecule has 8 heteroatoms. The fourth-order valence-corrected chi connectivity index (χ4v) is 2.77. The first kappa shape index (κ1) is 16.9. The third kappa shape index (κ3) is 4.14. The predicted octanol–water partition coefficient (Wildman–Crippen LogP) is 2.02. The number of carbonyl (C=O) groups is 1. The number of aromatic nitrogens is 4. The van der Waals surface area contributed by atoms with Gasteiger partial charge in [-0.15, -0.1) is 10.2 Å². The zero-order chi connectivity index (χ0) is 17.6. The van der Waals surface area contributed by atoms with Crippen molar-refractivity contribution >= 4 is 23.3 Å². The third-order valence-corrected chi connectivity index (χ3v) is 4.32. The summed E-state index contributed by atoms with van der Waals surface area (Å²) in [5.41, 5.74) is 2.38. The molecule has 1 N–H and O–H groups in total. The van der Waals surface area contributed by atoms with Gasteiger partial charge >= 0.3 is 0 Å². The molecule has 1 amide bonds. The summed E-state index contributed by atoms with van der Waals surface area (Å²) in [7, 11) is 0. The second-order valence-electron chi connectivity index (χ2n) is 5.38. The third-order valence-electron chi connectivity index (χ3n) is 3.54. The van der Waals surface area contributed by atoms with E-state index in [0.29, 0.717) is 35.8 Å². The van der Waals surface area contributed by atoms with Crippen LogP contribution in [-0.4, -0.2) is 38.0 Å². The van der Waals surface area contributed by atoms with Crippen LogP contribution in [0, 0.1) is 18.3 Å². The Hall–Kier alpha value is -2.92. The number of fused-ring (bicyclic) bond motifs is 1. The molecule has 0 saturated carbocycles. The molecule has 0 saturated heterocycles. The van der Waals surface area contributed by atoms with E-state index >= 15 is 0 Å². The van der Waals surface area contributed by atoms with Crippen LogP contribution in [-0.2, 0) is 6.42 Å². The summed E-state index contributed by atoms with van der Waals surface area (Å²) >= 11 is 1.36. The molecule has 2 heterocycles. The molecule has 3 rings (SSSR count). The number of nitrogens with zero attached hydrogens (tertiary/aromatic N) is 5. The minimum atomic E-state index is -0.118. The number of hydrogen-bond donors (Lipinski definition) is 1. The maximum absolute atomic E-state index is 12.1. The normalized spacial score (nSPS) is 10.6. The number of nitrogens with one attached hydrogen (secondary N) is 1. The minimum absolute atomic E-state index is 0.118. The molecule has 3 aromatic rings. The van der Waals surface area contributed by atoms with Gasteiger partial charge in [0.05, 0.1) is 11.8 Å². The van der Waals surface area contributed by atoms with Gasteiger partial charge in [-0.2, -0.15) is 14.9 Å². The fourth-order valence-electron chi connectivity index (χ4n) is 2.25. The second kappa shape index (κ2) is 7.77. The van der Waals surface area contributed by atoms with Gasteiger partial charge in [-0.05, 0) is 31.2 Å². The van der Waals surface area contributed by atoms with Crippen molar-refractivity contribution in [1.82, 2.24) is 25.1 Å². The topological polar surface area (TPSA) is 96.0 Å². The molecule has 0 atom stereocenters. The summed E-state index contributed by atoms with van der Waals surface area (Å²) in [4.78, 5) is 12.1. The van der Waals surface area contributed by atoms with Crippen molar-refractivity contribution in [3.05, 3.63) is 53.3 Å². The van der Waals surface area contributed by atoms with E-state index < -0.39 is 0 Å². The Morgan fingerprint density at radius 1 is 1.24 bits per heavy atom. The number of nitriles is 1. The summed E-state index contributed by atoms with van der Waals surface area (Å²) in [6.45, 7) is 2.42. The van der Waals surface area contributed by atoms with Crippen molar-refractivity contribution < 1.29 is 4.79 Å². The van der Waals surface area contributed by atoms with E-state index in [1.165, 1.54) is 11.8 Å². The molecular weight excluding hydrogens is 336 g/mol. The van der Waals surface area contributed by atoms with Crippen molar-refractivity contribution in [1.29, 1.82) is 5.26 Å². The van der Waals surface area contributed by atoms with Gasteiger partial charge < -0.3 is 5.32 Å². The van der Waals surface area contributed by atoms with E-state index in [9.17, 15) is 4.79 Å². The highest BCUT2D eigenvalue weighted by Gasteiger charge is 2.09. The number of hydrogen-bond acceptors (Lipinski definition) is 6. The lowest BCUT2D eigenvalue weighted by molar-refractivity contribution is 0.0954. The smallest absolute Gasteiger partial charge is 0.251 e. The molecule has 25 heavy (non-hydrogen) atoms. The maximum Gasteiger partial charge on any atom is 0.251 e. The van der Waals surface area contributed by atoms with Crippen LogP contribution in [0.5, 0.6) is 0 Å². The molecule has 2 aromatic heterocycles. The molecule has 0 unspecified atom stereocenters. The summed E-state index contributed by atoms with van der Waals surface area (Å²) in [5.74, 6) is 0.883. The van der Waals surface area contributed by atoms with E-state index in [0.717, 1.165) is 10.6 Å². The van der Waals surface area contributed by atoms with E-state index in [4.69, 9.17) is 5.26 Å². The quantitative estimate of drug-likeness (QED) is 0.682. The van der Waals surface area contributed by atoms with Crippen LogP contribution >= 0.6 is 11.8 Å². The average molecular weight is 352 g/mol. The molecule has 0 aliphatic heterocycles. The predicted molar refractivity (Wildman–Crippen MR) is 94.3 cm³/mol. The van der Waals surface area contributed by atoms with Crippen molar-refractivity contribution in [2.45, 2.75) is 18.4 Å². The number of amides is 1. The summed E-state index contributed by atoms with van der Waals surface area (Å²) in [5, 5.41) is 24.9. The SMILES string of the molecule is Cc1ccc(C(=O)NCCc2nnc3ccc(SCC#N)nn23)cc1. The molecule has 126 valence electrons. The molecule has 1 aromatic carbocycles. The standard InChI is InChI=1S/C17H16N6OS/c1-12-2-4-13(5-3-12)17(24)19-10-8-15-21-20-14-6-7-16(22-23(14)15)25-11-9-18/h2-7H,8,10-11H2,1H3,(H,19,24). The first-order valence-electron chi connectivity index (χ1n) is 7.73. The van der Waals surface area contributed by atoms with Crippen LogP contribution in [0.4, 0.5) is 0 Å². The summed E-state index contributed by atoms with van der Waals surface area (Å²) in [6, 6.07) is 13.1. The van der Waals surface area contributed by atoms with Gasteiger partial charge in [0, 0.05) is 18.5 Å². The molecule has 0 spiro atoms. The van der Waals surface area contributed by atoms with Gasteiger partial charge in [0.2, 0.25) is 0 Å². The van der Waals surface area contributed by atoms with E-state index in [-0.39, 0.29) is 5.91 Å². The number of thioether (sulfide) groups is 1. The lowest BCUT2D eigenvalue weighted by atomic mass is 10.1. The van der Waals surface area contributed by atoms with Crippen LogP contribution in [0.15, 0.2) is 41.4 Å². The van der Waals surface area contributed by atoms with Gasteiger partial charge in [-0.1, -0.05) is 29.5 Å². The van der Waals surface area contributed by atoms with Crippen LogP contribution in [0.1, 0.15) is 21.7 Å². The van der Waals surface area contributed by atoms with Gasteiger partial charge in [0.25, 0.3) is 5.91 Å². The zero-order valence-corrected chi connectivity index (χ0v) is 14.5. The Kier molecular flexibility index (Phi) is 5.26. The first-order chi connectivity index (χ1) is 12.2. The van der Waals surface area contributed by atoms with Crippen LogP contribution in [0.2, 0.25) is 0 Å². The van der Waals surface area contributed by atoms with Crippen molar-refractivity contribution in [3.63, 3.8) is 0 Å². The van der Waals surface area contributed by atoms with Crippen molar-refractivity contribution in [3.8, 4) is 6.07 Å². The molecule has 0 aliphatic carbocycles. The van der Waals surface area contributed by atoms with Crippen LogP contribution < -0.4 is 5.32 Å².